The van der Waals surface area contributed by atoms with Crippen LogP contribution >= 0.6 is 0 Å². The molecule has 0 saturated carbocycles. The van der Waals surface area contributed by atoms with Crippen LogP contribution in [0.5, 0.6) is 0 Å². The maximum absolute atomic E-state index is 11.8. The molecule has 12 nitrogen and oxygen atoms in total. The maximum atomic E-state index is 11.8. The first kappa shape index (κ1) is 21.3. The van der Waals surface area contributed by atoms with E-state index in [-0.39, 0.29) is 23.5 Å². The van der Waals surface area contributed by atoms with Crippen molar-refractivity contribution in [3.05, 3.63) is 55.3 Å². The van der Waals surface area contributed by atoms with E-state index in [1.807, 2.05) is 29.2 Å². The number of hydrogen-bond donors (Lipinski definition) is 4. The summed E-state index contributed by atoms with van der Waals surface area (Å²) in [5.41, 5.74) is 6.90. The van der Waals surface area contributed by atoms with Gasteiger partial charge in [0.05, 0.1) is 5.69 Å². The summed E-state index contributed by atoms with van der Waals surface area (Å²) in [4.78, 5) is 22.1. The van der Waals surface area contributed by atoms with E-state index in [1.165, 1.54) is 12.4 Å². The topological polar surface area (TPSA) is 160 Å². The molecule has 1 unspecified atom stereocenters. The fraction of sp³-hybridized carbons (Fsp3) is 0.300. The van der Waals surface area contributed by atoms with E-state index < -0.39 is 12.1 Å². The van der Waals surface area contributed by atoms with Gasteiger partial charge in [0.25, 0.3) is 5.91 Å². The fourth-order valence-electron chi connectivity index (χ4n) is 3.51. The number of likely N-dealkylation sites (tertiary alicyclic amines) is 1. The zero-order valence-electron chi connectivity index (χ0n) is 17.3. The summed E-state index contributed by atoms with van der Waals surface area (Å²) < 4.78 is 1.63. The molecule has 0 aliphatic carbocycles. The number of nitrogens with one attached hydrogen (secondary N) is 2. The number of aromatic nitrogens is 6. The normalized spacial score (nSPS) is 17.5. The molecule has 5 N–H and O–H groups in total. The van der Waals surface area contributed by atoms with Crippen LogP contribution in [0.25, 0.3) is 5.69 Å². The lowest BCUT2D eigenvalue weighted by Gasteiger charge is -2.34. The Labute approximate surface area is 184 Å². The molecule has 3 aromatic rings. The number of aliphatic hydroxyl groups is 1. The van der Waals surface area contributed by atoms with E-state index in [1.54, 1.807) is 11.0 Å². The van der Waals surface area contributed by atoms with Crippen molar-refractivity contribution < 1.29 is 9.90 Å². The lowest BCUT2D eigenvalue weighted by molar-refractivity contribution is 0.0251. The van der Waals surface area contributed by atoms with Crippen molar-refractivity contribution >= 4 is 23.4 Å². The molecular weight excluding hydrogens is 412 g/mol. The number of primary amides is 1. The predicted octanol–water partition coefficient (Wildman–Crippen LogP) is 0.675. The Morgan fingerprint density at radius 1 is 1.31 bits per heavy atom. The summed E-state index contributed by atoms with van der Waals surface area (Å²) >= 11 is 0. The Bertz CT molecular complexity index is 1070. The molecule has 1 fully saturated rings. The number of carbonyl (C=O) groups is 1. The number of carbonyl (C=O) groups excluding carboxylic acids is 1. The number of amides is 1. The van der Waals surface area contributed by atoms with Gasteiger partial charge in [-0.1, -0.05) is 6.58 Å². The number of nitrogens with two attached hydrogens (primary N) is 1. The van der Waals surface area contributed by atoms with E-state index in [0.717, 1.165) is 25.1 Å². The molecule has 32 heavy (non-hydrogen) atoms. The summed E-state index contributed by atoms with van der Waals surface area (Å²) in [6.07, 6.45) is 5.63. The quantitative estimate of drug-likeness (QED) is 0.370. The van der Waals surface area contributed by atoms with Crippen LogP contribution in [0, 0.1) is 0 Å². The molecule has 3 heterocycles. The molecule has 1 aliphatic rings. The van der Waals surface area contributed by atoms with Gasteiger partial charge in [-0.15, -0.1) is 10.2 Å². The van der Waals surface area contributed by atoms with Crippen LogP contribution in [0.3, 0.4) is 0 Å². The fourth-order valence-corrected chi connectivity index (χ4v) is 3.51. The van der Waals surface area contributed by atoms with Gasteiger partial charge >= 0.3 is 0 Å². The Balaban J connectivity index is 1.50. The Morgan fingerprint density at radius 3 is 2.81 bits per heavy atom. The summed E-state index contributed by atoms with van der Waals surface area (Å²) in [7, 11) is 0. The molecule has 166 valence electrons. The van der Waals surface area contributed by atoms with Crippen molar-refractivity contribution in [2.24, 2.45) is 5.73 Å². The average molecular weight is 436 g/mol. The van der Waals surface area contributed by atoms with Gasteiger partial charge in [0.2, 0.25) is 5.95 Å². The average Bonchev–Trinajstić information content (AvgIpc) is 3.34. The molecule has 0 bridgehead atoms. The van der Waals surface area contributed by atoms with Crippen LogP contribution < -0.4 is 16.4 Å². The first-order chi connectivity index (χ1) is 15.5. The molecule has 0 radical (unpaired) electrons. The van der Waals surface area contributed by atoms with E-state index in [9.17, 15) is 9.90 Å². The minimum atomic E-state index is -0.740. The minimum absolute atomic E-state index is 0.00870. The third kappa shape index (κ3) is 4.87. The van der Waals surface area contributed by atoms with E-state index in [2.05, 4.69) is 42.5 Å². The van der Waals surface area contributed by atoms with E-state index >= 15 is 0 Å². The minimum Gasteiger partial charge on any atom is -0.375 e. The van der Waals surface area contributed by atoms with Crippen LogP contribution in [0.2, 0.25) is 0 Å². The first-order valence-electron chi connectivity index (χ1n) is 10.1. The molecule has 1 aromatic carbocycles. The molecule has 1 aliphatic heterocycles. The van der Waals surface area contributed by atoms with Crippen molar-refractivity contribution in [2.45, 2.75) is 25.1 Å². The van der Waals surface area contributed by atoms with Crippen LogP contribution in [0.1, 0.15) is 23.3 Å². The summed E-state index contributed by atoms with van der Waals surface area (Å²) in [5, 5.41) is 28.4. The van der Waals surface area contributed by atoms with Gasteiger partial charge in [-0.2, -0.15) is 10.1 Å². The number of benzene rings is 1. The Kier molecular flexibility index (Phi) is 6.33. The Morgan fingerprint density at radius 2 is 2.12 bits per heavy atom. The highest BCUT2D eigenvalue weighted by Crippen LogP contribution is 2.21. The molecule has 2 aromatic heterocycles. The van der Waals surface area contributed by atoms with Crippen LogP contribution in [0.15, 0.2) is 49.6 Å². The number of piperidine rings is 1. The van der Waals surface area contributed by atoms with Crippen LogP contribution in [0.4, 0.5) is 17.5 Å². The molecule has 4 rings (SSSR count). The van der Waals surface area contributed by atoms with Crippen molar-refractivity contribution in [1.29, 1.82) is 0 Å². The summed E-state index contributed by atoms with van der Waals surface area (Å²) in [6, 6.07) is 7.32. The van der Waals surface area contributed by atoms with E-state index in [4.69, 9.17) is 5.73 Å². The molecule has 12 heteroatoms. The second-order valence-electron chi connectivity index (χ2n) is 7.34. The number of nitrogens with zero attached hydrogens (tertiary/aromatic N) is 7. The molecule has 2 atom stereocenters. The molecular formula is C20H24N10O2. The van der Waals surface area contributed by atoms with Gasteiger partial charge < -0.3 is 21.5 Å². The summed E-state index contributed by atoms with van der Waals surface area (Å²) in [5.74, 6) is -0.282. The number of anilines is 3. The van der Waals surface area contributed by atoms with E-state index in [0.29, 0.717) is 12.2 Å². The zero-order valence-corrected chi connectivity index (χ0v) is 17.3. The first-order valence-corrected chi connectivity index (χ1v) is 10.1. The van der Waals surface area contributed by atoms with Crippen molar-refractivity contribution in [3.63, 3.8) is 0 Å². The monoisotopic (exact) mass is 436 g/mol. The van der Waals surface area contributed by atoms with Gasteiger partial charge in [0.15, 0.2) is 11.5 Å². The second kappa shape index (κ2) is 9.49. The predicted molar refractivity (Wildman–Crippen MR) is 117 cm³/mol. The standard InChI is InChI=1S/C20H24N10O2/c1-2-16(31)29-9-3-4-14(10-29)25-20-26-19(17(18(21)32)27-28-20)24-13-5-7-15(8-6-13)30-12-22-11-23-30/h2,5-8,11-12,14,16,31H,1,3-4,9-10H2,(H2,21,32)(H2,24,25,26,28)/t14-,16?/m1/s1. The highest BCUT2D eigenvalue weighted by atomic mass is 16.3. The summed E-state index contributed by atoms with van der Waals surface area (Å²) in [6.45, 7) is 5.01. The van der Waals surface area contributed by atoms with Gasteiger partial charge in [-0.05, 0) is 43.2 Å². The largest absolute Gasteiger partial charge is 0.375 e. The van der Waals surface area contributed by atoms with Crippen LogP contribution in [-0.2, 0) is 0 Å². The third-order valence-electron chi connectivity index (χ3n) is 5.10. The van der Waals surface area contributed by atoms with Gasteiger partial charge in [0, 0.05) is 24.8 Å². The van der Waals surface area contributed by atoms with Crippen molar-refractivity contribution in [2.75, 3.05) is 23.7 Å². The third-order valence-corrected chi connectivity index (χ3v) is 5.10. The van der Waals surface area contributed by atoms with Crippen molar-refractivity contribution in [1.82, 2.24) is 34.8 Å². The SMILES string of the molecule is C=CC(O)N1CCC[C@@H](Nc2nnc(C(N)=O)c(Nc3ccc(-n4cncn4)cc3)n2)C1. The number of aliphatic hydroxyl groups excluding tert-OH is 1. The highest BCUT2D eigenvalue weighted by molar-refractivity contribution is 5.96. The maximum Gasteiger partial charge on any atom is 0.273 e. The Hall–Kier alpha value is -3.90. The van der Waals surface area contributed by atoms with Gasteiger partial charge in [-0.25, -0.2) is 9.67 Å². The lowest BCUT2D eigenvalue weighted by atomic mass is 10.1. The van der Waals surface area contributed by atoms with Gasteiger partial charge in [-0.3, -0.25) is 9.69 Å². The van der Waals surface area contributed by atoms with Gasteiger partial charge in [0.1, 0.15) is 18.9 Å². The lowest BCUT2D eigenvalue weighted by Crippen LogP contribution is -2.46. The highest BCUT2D eigenvalue weighted by Gasteiger charge is 2.24. The second-order valence-corrected chi connectivity index (χ2v) is 7.34. The molecule has 1 amide bonds. The van der Waals surface area contributed by atoms with Crippen molar-refractivity contribution in [3.8, 4) is 5.69 Å². The smallest absolute Gasteiger partial charge is 0.273 e. The molecule has 1 saturated heterocycles. The van der Waals surface area contributed by atoms with Crippen LogP contribution in [-0.4, -0.2) is 71.2 Å². The zero-order chi connectivity index (χ0) is 22.5. The number of rotatable bonds is 8. The molecule has 0 spiro atoms. The number of hydrogen-bond acceptors (Lipinski definition) is 10.